The fraction of sp³-hybridized carbons (Fsp3) is 0.214. The summed E-state index contributed by atoms with van der Waals surface area (Å²) in [5.74, 6) is -1.22. The number of carbonyl (C=O) groups is 1. The molecule has 0 atom stereocenters. The second-order valence-electron chi connectivity index (χ2n) is 4.93. The van der Waals surface area contributed by atoms with Crippen molar-refractivity contribution in [2.45, 2.75) is 18.9 Å². The molecule has 0 unspecified atom stereocenters. The van der Waals surface area contributed by atoms with Crippen LogP contribution in [0.25, 0.3) is 0 Å². The Balaban J connectivity index is 1.60. The highest BCUT2D eigenvalue weighted by atomic mass is 19.2. The summed E-state index contributed by atoms with van der Waals surface area (Å²) in [6.07, 6.45) is 1.99. The minimum atomic E-state index is -0.951. The van der Waals surface area contributed by atoms with Crippen molar-refractivity contribution in [1.82, 2.24) is 15.5 Å². The average molecular weight is 305 g/mol. The zero-order valence-electron chi connectivity index (χ0n) is 11.4. The van der Waals surface area contributed by atoms with Gasteiger partial charge in [0.1, 0.15) is 0 Å². The zero-order valence-corrected chi connectivity index (χ0v) is 11.4. The molecular formula is C14H13F2N5O. The number of halogens is 2. The predicted octanol–water partition coefficient (Wildman–Crippen LogP) is 2.78. The summed E-state index contributed by atoms with van der Waals surface area (Å²) in [7, 11) is 0. The van der Waals surface area contributed by atoms with E-state index in [0.717, 1.165) is 25.0 Å². The van der Waals surface area contributed by atoms with Gasteiger partial charge in [-0.2, -0.15) is 0 Å². The van der Waals surface area contributed by atoms with E-state index < -0.39 is 11.6 Å². The number of urea groups is 1. The van der Waals surface area contributed by atoms with Crippen LogP contribution in [-0.2, 0) is 0 Å². The summed E-state index contributed by atoms with van der Waals surface area (Å²) in [6.45, 7) is 0. The van der Waals surface area contributed by atoms with Crippen molar-refractivity contribution >= 4 is 23.4 Å². The normalized spacial score (nSPS) is 13.5. The van der Waals surface area contributed by atoms with Crippen LogP contribution >= 0.6 is 0 Å². The van der Waals surface area contributed by atoms with Gasteiger partial charge in [-0.05, 0) is 37.1 Å². The van der Waals surface area contributed by atoms with Gasteiger partial charge in [-0.25, -0.2) is 13.6 Å². The summed E-state index contributed by atoms with van der Waals surface area (Å²) in [5.41, 5.74) is 0.348. The summed E-state index contributed by atoms with van der Waals surface area (Å²) in [4.78, 5) is 11.5. The van der Waals surface area contributed by atoms with Gasteiger partial charge in [-0.3, -0.25) is 5.32 Å². The molecule has 1 aliphatic carbocycles. The average Bonchev–Trinajstić information content (AvgIpc) is 3.29. The quantitative estimate of drug-likeness (QED) is 0.811. The Morgan fingerprint density at radius 3 is 2.41 bits per heavy atom. The van der Waals surface area contributed by atoms with E-state index in [0.29, 0.717) is 17.3 Å². The van der Waals surface area contributed by atoms with Crippen LogP contribution in [0.1, 0.15) is 12.8 Å². The van der Waals surface area contributed by atoms with Crippen molar-refractivity contribution in [3.63, 3.8) is 0 Å². The Kier molecular flexibility index (Phi) is 3.82. The van der Waals surface area contributed by atoms with Crippen molar-refractivity contribution in [2.75, 3.05) is 10.6 Å². The summed E-state index contributed by atoms with van der Waals surface area (Å²) in [6, 6.07) is 6.48. The molecule has 0 saturated heterocycles. The zero-order chi connectivity index (χ0) is 15.5. The monoisotopic (exact) mass is 305 g/mol. The van der Waals surface area contributed by atoms with E-state index in [9.17, 15) is 13.6 Å². The number of nitrogens with zero attached hydrogens (tertiary/aromatic N) is 2. The Morgan fingerprint density at radius 2 is 1.77 bits per heavy atom. The smallest absolute Gasteiger partial charge is 0.320 e. The second-order valence-corrected chi connectivity index (χ2v) is 4.93. The molecule has 1 aliphatic rings. The number of hydrogen-bond acceptors (Lipinski definition) is 4. The summed E-state index contributed by atoms with van der Waals surface area (Å²) in [5, 5.41) is 15.8. The van der Waals surface area contributed by atoms with Crippen molar-refractivity contribution in [2.24, 2.45) is 0 Å². The third-order valence-electron chi connectivity index (χ3n) is 3.01. The number of nitrogens with one attached hydrogen (secondary N) is 3. The predicted molar refractivity (Wildman–Crippen MR) is 76.8 cm³/mol. The van der Waals surface area contributed by atoms with Crippen LogP contribution < -0.4 is 16.0 Å². The molecule has 1 saturated carbocycles. The van der Waals surface area contributed by atoms with Gasteiger partial charge in [0, 0.05) is 17.8 Å². The van der Waals surface area contributed by atoms with E-state index >= 15 is 0 Å². The summed E-state index contributed by atoms with van der Waals surface area (Å²) >= 11 is 0. The van der Waals surface area contributed by atoms with Crippen LogP contribution in [0.4, 0.5) is 30.9 Å². The number of benzene rings is 1. The van der Waals surface area contributed by atoms with Crippen LogP contribution in [0.5, 0.6) is 0 Å². The molecular weight excluding hydrogens is 292 g/mol. The summed E-state index contributed by atoms with van der Waals surface area (Å²) < 4.78 is 25.9. The molecule has 1 aromatic carbocycles. The Hall–Kier alpha value is -2.77. The Morgan fingerprint density at radius 1 is 1.05 bits per heavy atom. The van der Waals surface area contributed by atoms with Gasteiger partial charge in [-0.15, -0.1) is 10.2 Å². The first-order valence-corrected chi connectivity index (χ1v) is 6.73. The van der Waals surface area contributed by atoms with Gasteiger partial charge in [0.15, 0.2) is 23.3 Å². The third kappa shape index (κ3) is 3.66. The van der Waals surface area contributed by atoms with Crippen LogP contribution in [-0.4, -0.2) is 22.3 Å². The first-order valence-electron chi connectivity index (χ1n) is 6.73. The highest BCUT2D eigenvalue weighted by Crippen LogP contribution is 2.19. The second kappa shape index (κ2) is 5.92. The fourth-order valence-corrected chi connectivity index (χ4v) is 1.75. The lowest BCUT2D eigenvalue weighted by Crippen LogP contribution is -2.30. The van der Waals surface area contributed by atoms with E-state index in [1.807, 2.05) is 0 Å². The molecule has 1 fully saturated rings. The van der Waals surface area contributed by atoms with Gasteiger partial charge < -0.3 is 10.6 Å². The van der Waals surface area contributed by atoms with Gasteiger partial charge in [-0.1, -0.05) is 0 Å². The maximum atomic E-state index is 13.1. The highest BCUT2D eigenvalue weighted by Gasteiger charge is 2.23. The molecule has 6 nitrogen and oxygen atoms in total. The fourth-order valence-electron chi connectivity index (χ4n) is 1.75. The molecule has 0 spiro atoms. The molecule has 0 radical (unpaired) electrons. The van der Waals surface area contributed by atoms with Crippen molar-refractivity contribution in [3.05, 3.63) is 42.0 Å². The molecule has 1 heterocycles. The van der Waals surface area contributed by atoms with Gasteiger partial charge >= 0.3 is 6.03 Å². The molecule has 0 bridgehead atoms. The number of aromatic nitrogens is 2. The molecule has 3 N–H and O–H groups in total. The number of rotatable bonds is 4. The van der Waals surface area contributed by atoms with E-state index in [-0.39, 0.29) is 12.1 Å². The van der Waals surface area contributed by atoms with E-state index in [2.05, 4.69) is 26.1 Å². The van der Waals surface area contributed by atoms with Gasteiger partial charge in [0.25, 0.3) is 0 Å². The van der Waals surface area contributed by atoms with Crippen molar-refractivity contribution < 1.29 is 13.6 Å². The Bertz CT molecular complexity index is 688. The molecule has 3 rings (SSSR count). The number of carbonyl (C=O) groups excluding carboxylic acids is 1. The molecule has 0 aliphatic heterocycles. The largest absolute Gasteiger partial charge is 0.339 e. The van der Waals surface area contributed by atoms with E-state index in [4.69, 9.17) is 0 Å². The first kappa shape index (κ1) is 14.2. The van der Waals surface area contributed by atoms with Crippen LogP contribution in [0.15, 0.2) is 30.3 Å². The standard InChI is InChI=1S/C14H13F2N5O/c15-10-4-3-9(7-11(10)16)17-12-5-6-13(21-20-12)19-14(22)18-8-1-2-8/h3-8H,1-2H2,(H,17,20)(H2,18,19,21,22). The molecule has 114 valence electrons. The molecule has 8 heteroatoms. The minimum Gasteiger partial charge on any atom is -0.339 e. The van der Waals surface area contributed by atoms with Crippen LogP contribution in [0.3, 0.4) is 0 Å². The van der Waals surface area contributed by atoms with E-state index in [1.54, 1.807) is 12.1 Å². The highest BCUT2D eigenvalue weighted by molar-refractivity contribution is 5.88. The number of amides is 2. The van der Waals surface area contributed by atoms with E-state index in [1.165, 1.54) is 6.07 Å². The topological polar surface area (TPSA) is 78.9 Å². The first-order chi connectivity index (χ1) is 10.6. The minimum absolute atomic E-state index is 0.252. The maximum Gasteiger partial charge on any atom is 0.320 e. The van der Waals surface area contributed by atoms with Crippen molar-refractivity contribution in [1.29, 1.82) is 0 Å². The third-order valence-corrected chi connectivity index (χ3v) is 3.01. The molecule has 2 aromatic rings. The number of hydrogen-bond donors (Lipinski definition) is 3. The molecule has 22 heavy (non-hydrogen) atoms. The van der Waals surface area contributed by atoms with Crippen LogP contribution in [0, 0.1) is 11.6 Å². The molecule has 1 aromatic heterocycles. The van der Waals surface area contributed by atoms with Gasteiger partial charge in [0.2, 0.25) is 0 Å². The van der Waals surface area contributed by atoms with Gasteiger partial charge in [0.05, 0.1) is 0 Å². The Labute approximate surface area is 124 Å². The lowest BCUT2D eigenvalue weighted by molar-refractivity contribution is 0.251. The van der Waals surface area contributed by atoms with Crippen LogP contribution in [0.2, 0.25) is 0 Å². The lowest BCUT2D eigenvalue weighted by atomic mass is 10.3. The molecule has 2 amide bonds. The maximum absolute atomic E-state index is 13.1. The lowest BCUT2D eigenvalue weighted by Gasteiger charge is -2.07. The van der Waals surface area contributed by atoms with Crippen molar-refractivity contribution in [3.8, 4) is 0 Å². The SMILES string of the molecule is O=C(Nc1ccc(Nc2ccc(F)c(F)c2)nn1)NC1CC1. The number of anilines is 3.